The molecule has 1 spiro atoms. The van der Waals surface area contributed by atoms with Gasteiger partial charge in [0.05, 0.1) is 13.2 Å². The van der Waals surface area contributed by atoms with E-state index in [1.54, 1.807) is 13.2 Å². The third-order valence-electron chi connectivity index (χ3n) is 11.0. The van der Waals surface area contributed by atoms with Crippen molar-refractivity contribution in [1.29, 1.82) is 0 Å². The Bertz CT molecular complexity index is 1310. The number of aryl methyl sites for hydroxylation is 1. The summed E-state index contributed by atoms with van der Waals surface area (Å²) in [6.45, 7) is 10.2. The number of nitrogens with zero attached hydrogens (tertiary/aromatic N) is 2. The second-order valence-corrected chi connectivity index (χ2v) is 13.6. The third kappa shape index (κ3) is 5.24. The predicted molar refractivity (Wildman–Crippen MR) is 171 cm³/mol. The highest BCUT2D eigenvalue weighted by Gasteiger charge is 2.67. The van der Waals surface area contributed by atoms with Crippen LogP contribution in [0.4, 0.5) is 0 Å². The number of hydrogen-bond acceptors (Lipinski definition) is 5. The van der Waals surface area contributed by atoms with Crippen LogP contribution in [-0.2, 0) is 23.1 Å². The predicted octanol–water partition coefficient (Wildman–Crippen LogP) is 6.81. The summed E-state index contributed by atoms with van der Waals surface area (Å²) in [6, 6.07) is 12.9. The second-order valence-electron chi connectivity index (χ2n) is 13.6. The van der Waals surface area contributed by atoms with Crippen molar-refractivity contribution in [3.8, 4) is 17.2 Å². The summed E-state index contributed by atoms with van der Waals surface area (Å²) in [5, 5.41) is 11.2. The fourth-order valence-electron chi connectivity index (χ4n) is 9.25. The van der Waals surface area contributed by atoms with Gasteiger partial charge in [-0.05, 0) is 76.8 Å². The molecule has 1 saturated heterocycles. The van der Waals surface area contributed by atoms with Gasteiger partial charge >= 0.3 is 0 Å². The van der Waals surface area contributed by atoms with Gasteiger partial charge in [-0.1, -0.05) is 55.7 Å². The number of phenols is 1. The molecule has 2 aromatic carbocycles. The highest BCUT2D eigenvalue weighted by Crippen LogP contribution is 2.65. The summed E-state index contributed by atoms with van der Waals surface area (Å²) in [6.07, 6.45) is 13.0. The second kappa shape index (κ2) is 12.6. The van der Waals surface area contributed by atoms with Gasteiger partial charge in [-0.15, -0.1) is 6.58 Å². The Morgan fingerprint density at radius 2 is 1.95 bits per heavy atom. The molecule has 2 heterocycles. The lowest BCUT2D eigenvalue weighted by Crippen LogP contribution is -2.69. The average Bonchev–Trinajstić information content (AvgIpc) is 3.34. The Morgan fingerprint density at radius 3 is 2.70 bits per heavy atom. The molecule has 4 aliphatic rings. The average molecular weight is 587 g/mol. The molecule has 6 rings (SSSR count). The standard InChI is InChI=1S/C37H50N2O4/c1-5-21-38-22-20-37-28-18-19-29(36(37)43-35-32(42-4)24-31(40)27(34(35)37)23-30(28)38)39(25(2)3)33(41)17-13-8-6-7-10-14-26-15-11-9-12-16-26/h5,9,11-12,15-16,24-25,28-30,36,40H,1,6-8,10,13-14,17-23H2,2-4H3/t28-,29-,30+,36-,37-/m0/s1. The van der Waals surface area contributed by atoms with Crippen LogP contribution in [0.2, 0.25) is 0 Å². The Kier molecular flexibility index (Phi) is 8.77. The molecule has 6 nitrogen and oxygen atoms in total. The van der Waals surface area contributed by atoms with E-state index in [1.807, 2.05) is 6.08 Å². The van der Waals surface area contributed by atoms with Crippen LogP contribution >= 0.6 is 0 Å². The molecule has 0 unspecified atom stereocenters. The number of hydrogen-bond donors (Lipinski definition) is 1. The lowest BCUT2D eigenvalue weighted by molar-refractivity contribution is -0.145. The molecule has 2 aromatic rings. The van der Waals surface area contributed by atoms with Crippen LogP contribution in [0.1, 0.15) is 88.3 Å². The van der Waals surface area contributed by atoms with Crippen molar-refractivity contribution in [2.75, 3.05) is 20.2 Å². The van der Waals surface area contributed by atoms with Gasteiger partial charge in [-0.2, -0.15) is 0 Å². The number of carbonyl (C=O) groups excluding carboxylic acids is 1. The zero-order chi connectivity index (χ0) is 30.1. The molecule has 2 bridgehead atoms. The molecular weight excluding hydrogens is 536 g/mol. The topological polar surface area (TPSA) is 62.2 Å². The van der Waals surface area contributed by atoms with Gasteiger partial charge in [0.25, 0.3) is 0 Å². The smallest absolute Gasteiger partial charge is 0.223 e. The Labute approximate surface area is 258 Å². The van der Waals surface area contributed by atoms with Gasteiger partial charge in [-0.25, -0.2) is 0 Å². The first-order chi connectivity index (χ1) is 20.9. The van der Waals surface area contributed by atoms with Gasteiger partial charge in [0.15, 0.2) is 11.5 Å². The normalized spacial score (nSPS) is 27.0. The number of unbranched alkanes of at least 4 members (excludes halogenated alkanes) is 4. The van der Waals surface area contributed by atoms with Gasteiger partial charge in [-0.3, -0.25) is 9.69 Å². The fraction of sp³-hybridized carbons (Fsp3) is 0.595. The summed E-state index contributed by atoms with van der Waals surface area (Å²) in [5.41, 5.74) is 3.38. The van der Waals surface area contributed by atoms with E-state index >= 15 is 0 Å². The van der Waals surface area contributed by atoms with E-state index < -0.39 is 0 Å². The van der Waals surface area contributed by atoms with Gasteiger partial charge in [0, 0.05) is 47.7 Å². The number of aromatic hydroxyl groups is 1. The van der Waals surface area contributed by atoms with Crippen LogP contribution in [0.25, 0.3) is 0 Å². The van der Waals surface area contributed by atoms with Crippen LogP contribution in [-0.4, -0.2) is 65.2 Å². The van der Waals surface area contributed by atoms with Crippen LogP contribution < -0.4 is 9.47 Å². The molecule has 2 aliphatic carbocycles. The van der Waals surface area contributed by atoms with E-state index in [-0.39, 0.29) is 29.5 Å². The van der Waals surface area contributed by atoms with Crippen molar-refractivity contribution in [3.05, 3.63) is 65.7 Å². The highest BCUT2D eigenvalue weighted by molar-refractivity contribution is 5.77. The number of likely N-dealkylation sites (tertiary alicyclic amines) is 1. The first-order valence-corrected chi connectivity index (χ1v) is 16.7. The molecule has 1 amide bonds. The number of carbonyl (C=O) groups is 1. The zero-order valence-corrected chi connectivity index (χ0v) is 26.4. The molecular formula is C37H50N2O4. The summed E-state index contributed by atoms with van der Waals surface area (Å²) in [4.78, 5) is 18.7. The van der Waals surface area contributed by atoms with E-state index in [0.29, 0.717) is 29.9 Å². The zero-order valence-electron chi connectivity index (χ0n) is 26.4. The molecule has 0 radical (unpaired) electrons. The maximum absolute atomic E-state index is 14.0. The van der Waals surface area contributed by atoms with Crippen molar-refractivity contribution in [1.82, 2.24) is 9.80 Å². The van der Waals surface area contributed by atoms with Gasteiger partial charge in [0.1, 0.15) is 11.9 Å². The van der Waals surface area contributed by atoms with E-state index in [2.05, 4.69) is 60.6 Å². The number of benzene rings is 2. The number of phenolic OH excluding ortho intramolecular Hbond substituents is 1. The summed E-state index contributed by atoms with van der Waals surface area (Å²) in [5.74, 6) is 2.40. The summed E-state index contributed by atoms with van der Waals surface area (Å²) < 4.78 is 12.8. The minimum absolute atomic E-state index is 0.00595. The largest absolute Gasteiger partial charge is 0.508 e. The summed E-state index contributed by atoms with van der Waals surface area (Å²) in [7, 11) is 1.65. The lowest BCUT2D eigenvalue weighted by atomic mass is 9.50. The van der Waals surface area contributed by atoms with Crippen LogP contribution in [0.5, 0.6) is 17.2 Å². The van der Waals surface area contributed by atoms with Crippen molar-refractivity contribution in [2.24, 2.45) is 5.92 Å². The summed E-state index contributed by atoms with van der Waals surface area (Å²) >= 11 is 0. The molecule has 0 aromatic heterocycles. The van der Waals surface area contributed by atoms with Crippen LogP contribution in [0, 0.1) is 5.92 Å². The van der Waals surface area contributed by atoms with Crippen LogP contribution in [0.3, 0.4) is 0 Å². The number of methoxy groups -OCH3 is 1. The SMILES string of the molecule is C=CCN1CC[C@]23c4c5c(O)cc(OC)c4O[C@H]2[C@@H](N(C(=O)CCCCCCCc2ccccc2)C(C)C)CC[C@H]3[C@H]1C5. The molecule has 2 fully saturated rings. The molecule has 1 N–H and O–H groups in total. The number of amides is 1. The molecule has 2 aliphatic heterocycles. The van der Waals surface area contributed by atoms with E-state index in [9.17, 15) is 9.90 Å². The van der Waals surface area contributed by atoms with Crippen LogP contribution in [0.15, 0.2) is 49.1 Å². The Balaban J connectivity index is 1.18. The van der Waals surface area contributed by atoms with E-state index in [4.69, 9.17) is 9.47 Å². The quantitative estimate of drug-likeness (QED) is 0.206. The van der Waals surface area contributed by atoms with E-state index in [1.165, 1.54) is 30.4 Å². The Morgan fingerprint density at radius 1 is 1.19 bits per heavy atom. The molecule has 5 atom stereocenters. The third-order valence-corrected chi connectivity index (χ3v) is 11.0. The number of ether oxygens (including phenoxy) is 2. The van der Waals surface area contributed by atoms with Crippen molar-refractivity contribution >= 4 is 5.91 Å². The van der Waals surface area contributed by atoms with E-state index in [0.717, 1.165) is 69.3 Å². The first-order valence-electron chi connectivity index (χ1n) is 16.7. The van der Waals surface area contributed by atoms with Crippen molar-refractivity contribution in [2.45, 2.75) is 114 Å². The molecule has 232 valence electrons. The highest BCUT2D eigenvalue weighted by atomic mass is 16.5. The molecule has 1 saturated carbocycles. The first kappa shape index (κ1) is 30.1. The maximum atomic E-state index is 14.0. The van der Waals surface area contributed by atoms with Crippen molar-refractivity contribution in [3.63, 3.8) is 0 Å². The van der Waals surface area contributed by atoms with Crippen molar-refractivity contribution < 1.29 is 19.4 Å². The van der Waals surface area contributed by atoms with Gasteiger partial charge < -0.3 is 19.5 Å². The lowest BCUT2D eigenvalue weighted by Gasteiger charge is -2.60. The minimum atomic E-state index is -0.216. The fourth-order valence-corrected chi connectivity index (χ4v) is 9.25. The molecule has 6 heteroatoms. The molecule has 43 heavy (non-hydrogen) atoms. The minimum Gasteiger partial charge on any atom is -0.508 e. The number of piperidine rings is 1. The number of rotatable bonds is 13. The van der Waals surface area contributed by atoms with Gasteiger partial charge in [0.2, 0.25) is 5.91 Å². The maximum Gasteiger partial charge on any atom is 0.223 e. The monoisotopic (exact) mass is 586 g/mol. The Hall–Kier alpha value is -2.99.